The largest absolute Gasteiger partial charge is 0.475 e. The van der Waals surface area contributed by atoms with Crippen LogP contribution in [0.1, 0.15) is 52.0 Å². The van der Waals surface area contributed by atoms with Gasteiger partial charge in [0.25, 0.3) is 0 Å². The molecule has 3 aliphatic rings. The van der Waals surface area contributed by atoms with E-state index >= 15 is 0 Å². The van der Waals surface area contributed by atoms with Gasteiger partial charge in [0.15, 0.2) is 0 Å². The Hall–Kier alpha value is -0.580. The van der Waals surface area contributed by atoms with Gasteiger partial charge in [-0.3, -0.25) is 0 Å². The highest BCUT2D eigenvalue weighted by molar-refractivity contribution is 8.22. The van der Waals surface area contributed by atoms with Gasteiger partial charge < -0.3 is 9.47 Å². The molecule has 0 amide bonds. The first-order valence-electron chi connectivity index (χ1n) is 10.3. The number of hydrogen-bond donors (Lipinski definition) is 0. The predicted molar refractivity (Wildman–Crippen MR) is 117 cm³/mol. The third-order valence-electron chi connectivity index (χ3n) is 7.83. The fourth-order valence-corrected chi connectivity index (χ4v) is 7.28. The van der Waals surface area contributed by atoms with E-state index in [1.54, 1.807) is 11.8 Å². The zero-order valence-electron chi connectivity index (χ0n) is 16.9. The minimum atomic E-state index is 0.0949. The Kier molecular flexibility index (Phi) is 5.37. The van der Waals surface area contributed by atoms with Gasteiger partial charge in [0.05, 0.1) is 12.7 Å². The van der Waals surface area contributed by atoms with E-state index in [1.807, 2.05) is 6.26 Å². The second-order valence-corrected chi connectivity index (χ2v) is 10.9. The molecule has 1 spiro atoms. The highest BCUT2D eigenvalue weighted by Crippen LogP contribution is 2.70. The van der Waals surface area contributed by atoms with Crippen molar-refractivity contribution >= 4 is 28.4 Å². The lowest BCUT2D eigenvalue weighted by molar-refractivity contribution is -0.155. The number of benzene rings is 1. The van der Waals surface area contributed by atoms with Crippen molar-refractivity contribution in [3.8, 4) is 0 Å². The van der Waals surface area contributed by atoms with E-state index in [0.29, 0.717) is 34.2 Å². The maximum Gasteiger partial charge on any atom is 0.219 e. The van der Waals surface area contributed by atoms with Crippen LogP contribution in [0.5, 0.6) is 0 Å². The average molecular weight is 405 g/mol. The SMILES string of the molecule is CSC(=S)OC1C[C@@H](C)[C@@]23CC[C@@H](C2)[C@H](OCc2ccccc2)C(C)(C)[C@H]13. The van der Waals surface area contributed by atoms with Crippen LogP contribution >= 0.6 is 24.0 Å². The van der Waals surface area contributed by atoms with Gasteiger partial charge in [-0.05, 0) is 72.4 Å². The van der Waals surface area contributed by atoms with Crippen LogP contribution in [-0.2, 0) is 16.1 Å². The van der Waals surface area contributed by atoms with Crippen LogP contribution in [0.15, 0.2) is 30.3 Å². The van der Waals surface area contributed by atoms with Crippen LogP contribution in [-0.4, -0.2) is 22.8 Å². The van der Waals surface area contributed by atoms with Crippen molar-refractivity contribution in [2.24, 2.45) is 28.6 Å². The minimum absolute atomic E-state index is 0.0949. The molecule has 0 saturated heterocycles. The van der Waals surface area contributed by atoms with Crippen LogP contribution in [0.2, 0.25) is 0 Å². The first-order chi connectivity index (χ1) is 12.9. The molecule has 0 aromatic heterocycles. The lowest BCUT2D eigenvalue weighted by atomic mass is 9.54. The van der Waals surface area contributed by atoms with E-state index in [1.165, 1.54) is 24.8 Å². The molecule has 0 N–H and O–H groups in total. The average Bonchev–Trinajstić information content (AvgIpc) is 3.16. The Labute approximate surface area is 173 Å². The molecule has 1 aromatic carbocycles. The highest BCUT2D eigenvalue weighted by atomic mass is 32.2. The molecule has 1 aromatic rings. The summed E-state index contributed by atoms with van der Waals surface area (Å²) in [4.78, 5) is 0. The predicted octanol–water partition coefficient (Wildman–Crippen LogP) is 6.09. The summed E-state index contributed by atoms with van der Waals surface area (Å²) in [7, 11) is 0. The van der Waals surface area contributed by atoms with Crippen LogP contribution in [0.25, 0.3) is 0 Å². The molecule has 0 heterocycles. The van der Waals surface area contributed by atoms with E-state index in [0.717, 1.165) is 6.42 Å². The lowest BCUT2D eigenvalue weighted by Crippen LogP contribution is -2.54. The molecule has 4 heteroatoms. The van der Waals surface area contributed by atoms with Crippen molar-refractivity contribution in [3.63, 3.8) is 0 Å². The van der Waals surface area contributed by atoms with Crippen molar-refractivity contribution in [1.29, 1.82) is 0 Å². The molecule has 3 fully saturated rings. The first kappa shape index (κ1) is 19.7. The smallest absolute Gasteiger partial charge is 0.219 e. The maximum atomic E-state index is 6.64. The van der Waals surface area contributed by atoms with Crippen molar-refractivity contribution in [3.05, 3.63) is 35.9 Å². The van der Waals surface area contributed by atoms with Crippen molar-refractivity contribution in [1.82, 2.24) is 0 Å². The summed E-state index contributed by atoms with van der Waals surface area (Å²) < 4.78 is 13.7. The molecular weight excluding hydrogens is 372 g/mol. The number of thiocarbonyl (C=S) groups is 1. The maximum absolute atomic E-state index is 6.64. The molecule has 3 aliphatic carbocycles. The van der Waals surface area contributed by atoms with Gasteiger partial charge in [0, 0.05) is 5.92 Å². The molecule has 2 bridgehead atoms. The van der Waals surface area contributed by atoms with Gasteiger partial charge >= 0.3 is 0 Å². The summed E-state index contributed by atoms with van der Waals surface area (Å²) in [6.45, 7) is 8.00. The van der Waals surface area contributed by atoms with Gasteiger partial charge in [0.2, 0.25) is 4.38 Å². The third-order valence-corrected chi connectivity index (χ3v) is 8.86. The summed E-state index contributed by atoms with van der Waals surface area (Å²) >= 11 is 6.99. The molecule has 1 unspecified atom stereocenters. The Morgan fingerprint density at radius 2 is 2.00 bits per heavy atom. The Bertz CT molecular complexity index is 689. The monoisotopic (exact) mass is 404 g/mol. The Morgan fingerprint density at radius 1 is 1.26 bits per heavy atom. The van der Waals surface area contributed by atoms with Crippen molar-refractivity contribution in [2.75, 3.05) is 6.26 Å². The molecule has 2 nitrogen and oxygen atoms in total. The van der Waals surface area contributed by atoms with E-state index < -0.39 is 0 Å². The van der Waals surface area contributed by atoms with Crippen molar-refractivity contribution in [2.45, 2.75) is 65.3 Å². The van der Waals surface area contributed by atoms with E-state index in [-0.39, 0.29) is 17.6 Å². The van der Waals surface area contributed by atoms with Crippen LogP contribution in [0.4, 0.5) is 0 Å². The fraction of sp³-hybridized carbons (Fsp3) is 0.696. The normalized spacial score (nSPS) is 39.2. The Balaban J connectivity index is 1.59. The molecule has 6 atom stereocenters. The van der Waals surface area contributed by atoms with Crippen LogP contribution in [0, 0.1) is 28.6 Å². The second kappa shape index (κ2) is 7.35. The first-order valence-corrected chi connectivity index (χ1v) is 11.9. The number of thioether (sulfide) groups is 1. The quantitative estimate of drug-likeness (QED) is 0.565. The summed E-state index contributed by atoms with van der Waals surface area (Å²) in [5.41, 5.74) is 1.77. The third kappa shape index (κ3) is 3.26. The molecule has 0 aliphatic heterocycles. The minimum Gasteiger partial charge on any atom is -0.475 e. The summed E-state index contributed by atoms with van der Waals surface area (Å²) in [6, 6.07) is 10.6. The second-order valence-electron chi connectivity index (χ2n) is 9.50. The Morgan fingerprint density at radius 3 is 2.70 bits per heavy atom. The van der Waals surface area contributed by atoms with Crippen LogP contribution < -0.4 is 0 Å². The summed E-state index contributed by atoms with van der Waals surface area (Å²) in [6.07, 6.45) is 7.59. The van der Waals surface area contributed by atoms with Crippen molar-refractivity contribution < 1.29 is 9.47 Å². The standard InChI is InChI=1S/C23H32O2S2/c1-15-12-18(25-21(26)27-4)19-22(2,3)20(17-10-11-23(15,19)13-17)24-14-16-8-6-5-7-9-16/h5-9,15,17-20H,10-14H2,1-4H3/t15-,17+,18?,19+,20+,23-/m1/s1. The molecule has 0 radical (unpaired) electrons. The van der Waals surface area contributed by atoms with Gasteiger partial charge in [0.1, 0.15) is 6.10 Å². The zero-order valence-corrected chi connectivity index (χ0v) is 18.6. The number of ether oxygens (including phenoxy) is 2. The van der Waals surface area contributed by atoms with E-state index in [4.69, 9.17) is 21.7 Å². The fourth-order valence-electron chi connectivity index (χ4n) is 6.93. The van der Waals surface area contributed by atoms with Gasteiger partial charge in [-0.25, -0.2) is 0 Å². The highest BCUT2D eigenvalue weighted by Gasteiger charge is 2.68. The molecule has 148 valence electrons. The van der Waals surface area contributed by atoms with Gasteiger partial charge in [-0.1, -0.05) is 62.9 Å². The number of rotatable bonds is 4. The topological polar surface area (TPSA) is 18.5 Å². The number of hydrogen-bond acceptors (Lipinski definition) is 4. The molecule has 27 heavy (non-hydrogen) atoms. The molecule has 4 rings (SSSR count). The number of fused-ring (bicyclic) bond motifs is 1. The van der Waals surface area contributed by atoms with Gasteiger partial charge in [-0.2, -0.15) is 0 Å². The lowest BCUT2D eigenvalue weighted by Gasteiger charge is -2.54. The summed E-state index contributed by atoms with van der Waals surface area (Å²) in [5.74, 6) is 1.90. The van der Waals surface area contributed by atoms with Crippen LogP contribution in [0.3, 0.4) is 0 Å². The summed E-state index contributed by atoms with van der Waals surface area (Å²) in [5, 5.41) is 0. The van der Waals surface area contributed by atoms with Gasteiger partial charge in [-0.15, -0.1) is 0 Å². The van der Waals surface area contributed by atoms with E-state index in [2.05, 4.69) is 51.1 Å². The zero-order chi connectivity index (χ0) is 19.2. The molecular formula is C23H32O2S2. The van der Waals surface area contributed by atoms with E-state index in [9.17, 15) is 0 Å². The molecule has 3 saturated carbocycles.